The summed E-state index contributed by atoms with van der Waals surface area (Å²) in [6, 6.07) is 26.2. The van der Waals surface area contributed by atoms with Crippen molar-refractivity contribution < 1.29 is 18.7 Å². The van der Waals surface area contributed by atoms with Gasteiger partial charge in [0.25, 0.3) is 22.6 Å². The average Bonchev–Trinajstić information content (AvgIpc) is 3.53. The molecule has 3 heterocycles. The summed E-state index contributed by atoms with van der Waals surface area (Å²) in [5.74, 6) is 0.904. The van der Waals surface area contributed by atoms with E-state index < -0.39 is 0 Å². The smallest absolute Gasteiger partial charge is 0.276 e. The lowest BCUT2D eigenvalue weighted by molar-refractivity contribution is 0.0621. The first-order chi connectivity index (χ1) is 22.0. The van der Waals surface area contributed by atoms with Gasteiger partial charge in [-0.05, 0) is 41.3 Å². The monoisotopic (exact) mass is 617 g/mol. The summed E-state index contributed by atoms with van der Waals surface area (Å²) < 4.78 is 12.5. The first kappa shape index (κ1) is 28.5. The van der Waals surface area contributed by atoms with Crippen molar-refractivity contribution in [3.8, 4) is 5.75 Å². The number of thioether (sulfide) groups is 1. The Morgan fingerprint density at radius 3 is 2.22 bits per heavy atom. The zero-order valence-electron chi connectivity index (χ0n) is 24.3. The van der Waals surface area contributed by atoms with Gasteiger partial charge in [0.1, 0.15) is 5.75 Å². The number of rotatable bonds is 10. The highest BCUT2D eigenvalue weighted by molar-refractivity contribution is 7.99. The minimum Gasteiger partial charge on any atom is -0.497 e. The Balaban J connectivity index is 1.02. The third-order valence-electron chi connectivity index (χ3n) is 7.86. The fourth-order valence-corrected chi connectivity index (χ4v) is 6.33. The second kappa shape index (κ2) is 12.0. The number of hydrogen-bond acceptors (Lipinski definition) is 9. The summed E-state index contributed by atoms with van der Waals surface area (Å²) in [5.41, 5.74) is 2.70. The van der Waals surface area contributed by atoms with Gasteiger partial charge >= 0.3 is 0 Å². The molecule has 2 amide bonds. The molecule has 0 N–H and O–H groups in total. The molecule has 0 radical (unpaired) electrons. The van der Waals surface area contributed by atoms with Crippen molar-refractivity contribution in [3.05, 3.63) is 124 Å². The van der Waals surface area contributed by atoms with E-state index in [1.54, 1.807) is 19.2 Å². The van der Waals surface area contributed by atoms with E-state index in [2.05, 4.69) is 10.2 Å². The number of methoxy groups -OCH3 is 1. The molecular weight excluding hydrogens is 590 g/mol. The number of amides is 2. The van der Waals surface area contributed by atoms with Crippen LogP contribution in [0.3, 0.4) is 0 Å². The molecule has 0 saturated heterocycles. The number of fused-ring (bicyclic) bond motifs is 1. The molecule has 0 atom stereocenters. The third-order valence-corrected chi connectivity index (χ3v) is 8.66. The number of ether oxygens (including phenoxy) is 1. The number of hydrogen-bond donors (Lipinski definition) is 0. The van der Waals surface area contributed by atoms with Gasteiger partial charge in [0, 0.05) is 47.0 Å². The number of imide groups is 1. The summed E-state index contributed by atoms with van der Waals surface area (Å²) in [4.78, 5) is 40.8. The Kier molecular flexibility index (Phi) is 7.60. The molecule has 224 valence electrons. The molecule has 4 aromatic carbocycles. The van der Waals surface area contributed by atoms with Crippen molar-refractivity contribution in [2.45, 2.75) is 24.6 Å². The number of aryl methyl sites for hydroxylation is 2. The van der Waals surface area contributed by atoms with Crippen LogP contribution >= 0.6 is 11.8 Å². The molecular formula is C34H27N5O5S. The van der Waals surface area contributed by atoms with Crippen molar-refractivity contribution in [3.63, 3.8) is 0 Å². The Morgan fingerprint density at radius 2 is 1.51 bits per heavy atom. The largest absolute Gasteiger partial charge is 0.497 e. The maximum atomic E-state index is 13.3. The fraction of sp³-hybridized carbons (Fsp3) is 0.176. The average molecular weight is 618 g/mol. The van der Waals surface area contributed by atoms with Crippen LogP contribution in [0, 0.1) is 0 Å². The highest BCUT2D eigenvalue weighted by Crippen LogP contribution is 2.30. The van der Waals surface area contributed by atoms with Crippen LogP contribution in [-0.2, 0) is 19.4 Å². The van der Waals surface area contributed by atoms with Gasteiger partial charge in [-0.25, -0.2) is 4.68 Å². The third kappa shape index (κ3) is 5.46. The quantitative estimate of drug-likeness (QED) is 0.152. The molecule has 0 saturated carbocycles. The van der Waals surface area contributed by atoms with Crippen LogP contribution in [0.5, 0.6) is 5.75 Å². The molecule has 45 heavy (non-hydrogen) atoms. The normalized spacial score (nSPS) is 12.8. The Hall–Kier alpha value is -5.29. The Labute approximate surface area is 261 Å². The summed E-state index contributed by atoms with van der Waals surface area (Å²) in [5, 5.41) is 16.3. The second-order valence-electron chi connectivity index (χ2n) is 10.6. The van der Waals surface area contributed by atoms with Gasteiger partial charge in [-0.15, -0.1) is 10.2 Å². The molecule has 0 unspecified atom stereocenters. The molecule has 0 bridgehead atoms. The topological polar surface area (TPSA) is 120 Å². The van der Waals surface area contributed by atoms with Gasteiger partial charge in [-0.3, -0.25) is 19.3 Å². The summed E-state index contributed by atoms with van der Waals surface area (Å²) in [6.07, 6.45) is 0.861. The zero-order valence-corrected chi connectivity index (χ0v) is 25.1. The summed E-state index contributed by atoms with van der Waals surface area (Å²) in [7, 11) is 1.63. The van der Waals surface area contributed by atoms with Crippen molar-refractivity contribution in [1.82, 2.24) is 24.9 Å². The van der Waals surface area contributed by atoms with E-state index in [0.29, 0.717) is 51.6 Å². The lowest BCUT2D eigenvalue weighted by atomic mass is 9.94. The van der Waals surface area contributed by atoms with Gasteiger partial charge in [0.05, 0.1) is 24.7 Å². The summed E-state index contributed by atoms with van der Waals surface area (Å²) in [6.45, 7) is 0.450. The van der Waals surface area contributed by atoms with E-state index in [1.165, 1.54) is 21.3 Å². The molecule has 2 aromatic heterocycles. The molecule has 0 aliphatic carbocycles. The van der Waals surface area contributed by atoms with Crippen LogP contribution in [0.2, 0.25) is 0 Å². The molecule has 7 rings (SSSR count). The summed E-state index contributed by atoms with van der Waals surface area (Å²) >= 11 is 1.27. The van der Waals surface area contributed by atoms with E-state index >= 15 is 0 Å². The number of aromatic nitrogens is 4. The van der Waals surface area contributed by atoms with E-state index in [4.69, 9.17) is 14.3 Å². The van der Waals surface area contributed by atoms with E-state index in [9.17, 15) is 14.4 Å². The molecule has 1 aliphatic rings. The predicted molar refractivity (Wildman–Crippen MR) is 170 cm³/mol. The van der Waals surface area contributed by atoms with Crippen molar-refractivity contribution >= 4 is 45.1 Å². The van der Waals surface area contributed by atoms with Crippen LogP contribution in [-0.4, -0.2) is 56.1 Å². The molecule has 0 fully saturated rings. The number of carbonyl (C=O) groups excluding carboxylic acids is 2. The molecule has 10 nitrogen and oxygen atoms in total. The lowest BCUT2D eigenvalue weighted by Gasteiger charge is -2.26. The van der Waals surface area contributed by atoms with Crippen molar-refractivity contribution in [2.24, 2.45) is 0 Å². The van der Waals surface area contributed by atoms with E-state index in [1.807, 2.05) is 72.8 Å². The van der Waals surface area contributed by atoms with Crippen LogP contribution in [0.15, 0.2) is 99.4 Å². The van der Waals surface area contributed by atoms with Gasteiger partial charge in [-0.1, -0.05) is 66.4 Å². The number of carbonyl (C=O) groups is 2. The second-order valence-corrected chi connectivity index (χ2v) is 11.6. The molecule has 6 aromatic rings. The van der Waals surface area contributed by atoms with E-state index in [-0.39, 0.29) is 30.5 Å². The van der Waals surface area contributed by atoms with Crippen LogP contribution in [0.4, 0.5) is 0 Å². The minimum absolute atomic E-state index is 0.189. The Bertz CT molecular complexity index is 2090. The molecule has 0 spiro atoms. The van der Waals surface area contributed by atoms with Crippen molar-refractivity contribution in [2.75, 3.05) is 19.4 Å². The van der Waals surface area contributed by atoms with Gasteiger partial charge in [-0.2, -0.15) is 5.10 Å². The maximum absolute atomic E-state index is 13.3. The van der Waals surface area contributed by atoms with Crippen LogP contribution in [0.25, 0.3) is 21.5 Å². The lowest BCUT2D eigenvalue weighted by Crippen LogP contribution is -2.41. The predicted octanol–water partition coefficient (Wildman–Crippen LogP) is 5.16. The standard InChI is InChI=1S/C34H27N5O5S/c1-43-23-14-12-21(13-15-23)20-28-24-8-2-3-9-25(24)33(42)39(37-28)17-16-29-35-36-34(44-29)45-19-18-38-31(40)26-10-4-6-22-7-5-11-27(30(22)26)32(38)41/h2-15H,16-20H2,1H3. The fourth-order valence-electron chi connectivity index (χ4n) is 5.63. The number of benzene rings is 4. The highest BCUT2D eigenvalue weighted by Gasteiger charge is 2.32. The van der Waals surface area contributed by atoms with Crippen molar-refractivity contribution in [1.29, 1.82) is 0 Å². The maximum Gasteiger partial charge on any atom is 0.276 e. The van der Waals surface area contributed by atoms with Crippen LogP contribution < -0.4 is 10.3 Å². The molecule has 1 aliphatic heterocycles. The highest BCUT2D eigenvalue weighted by atomic mass is 32.2. The molecule has 11 heteroatoms. The van der Waals surface area contributed by atoms with Gasteiger partial charge in [0.15, 0.2) is 0 Å². The van der Waals surface area contributed by atoms with E-state index in [0.717, 1.165) is 27.8 Å². The Morgan fingerprint density at radius 1 is 0.800 bits per heavy atom. The number of nitrogens with zero attached hydrogens (tertiary/aromatic N) is 5. The van der Waals surface area contributed by atoms with Gasteiger partial charge < -0.3 is 9.15 Å². The first-order valence-electron chi connectivity index (χ1n) is 14.4. The van der Waals surface area contributed by atoms with Gasteiger partial charge in [0.2, 0.25) is 5.89 Å². The van der Waals surface area contributed by atoms with Crippen LogP contribution in [0.1, 0.15) is 37.9 Å². The first-order valence-corrected chi connectivity index (χ1v) is 15.4. The SMILES string of the molecule is COc1ccc(Cc2nn(CCc3nnc(SCCN4C(=O)c5cccc6cccc(c56)C4=O)o3)c(=O)c3ccccc23)cc1. The minimum atomic E-state index is -0.309. The zero-order chi connectivity index (χ0) is 30.9.